The number of nitrogens with zero attached hydrogens (tertiary/aromatic N) is 4. The topological polar surface area (TPSA) is 83.8 Å². The number of benzene rings is 2. The first-order chi connectivity index (χ1) is 17.4. The number of anilines is 2. The van der Waals surface area contributed by atoms with Crippen LogP contribution in [0.25, 0.3) is 0 Å². The van der Waals surface area contributed by atoms with Crippen LogP contribution in [-0.2, 0) is 21.5 Å². The molecule has 8 heteroatoms. The normalized spacial score (nSPS) is 19.2. The number of nitrogens with one attached hydrogen (secondary N) is 1. The molecule has 8 nitrogen and oxygen atoms in total. The highest BCUT2D eigenvalue weighted by atomic mass is 16.5. The Labute approximate surface area is 211 Å². The summed E-state index contributed by atoms with van der Waals surface area (Å²) in [5.41, 5.74) is 2.01. The lowest BCUT2D eigenvalue weighted by atomic mass is 9.89. The average Bonchev–Trinajstić information content (AvgIpc) is 3.43. The van der Waals surface area contributed by atoms with Gasteiger partial charge in [0.05, 0.1) is 18.8 Å². The van der Waals surface area contributed by atoms with Crippen LogP contribution in [0.1, 0.15) is 38.1 Å². The summed E-state index contributed by atoms with van der Waals surface area (Å²) in [7, 11) is 0. The number of amidine groups is 1. The Morgan fingerprint density at radius 2 is 1.81 bits per heavy atom. The number of hydrogen-bond acceptors (Lipinski definition) is 7. The van der Waals surface area contributed by atoms with E-state index >= 15 is 0 Å². The van der Waals surface area contributed by atoms with E-state index in [-0.39, 0.29) is 23.6 Å². The van der Waals surface area contributed by atoms with Crippen molar-refractivity contribution in [2.75, 3.05) is 31.2 Å². The van der Waals surface area contributed by atoms with Gasteiger partial charge in [0.1, 0.15) is 17.3 Å². The molecule has 3 aromatic rings. The van der Waals surface area contributed by atoms with E-state index in [1.54, 1.807) is 0 Å². The Bertz CT molecular complexity index is 1260. The standard InChI is InChI=1S/C28H31N5O3/c1-27(2)17-32(20-9-11-22(12-10-20)36-21-7-4-3-5-8-21)25-23(27)15-30-24(31-25)16-35-26(29)33-14-6-13-28(33)18-34-19-28/h3-5,7-12,15,29H,6,13-14,16-19H2,1-2H3. The summed E-state index contributed by atoms with van der Waals surface area (Å²) in [5.74, 6) is 3.06. The molecule has 3 aliphatic rings. The third-order valence-corrected chi connectivity index (χ3v) is 7.41. The SMILES string of the molecule is CC1(C)CN(c2ccc(Oc3ccccc3)cc2)c2nc(COC(=N)N3CCCC34COC4)ncc21. The number of para-hydroxylation sites is 1. The number of likely N-dealkylation sites (tertiary alicyclic amines) is 1. The molecule has 2 fully saturated rings. The molecule has 0 bridgehead atoms. The van der Waals surface area contributed by atoms with Crippen LogP contribution >= 0.6 is 0 Å². The molecule has 0 aliphatic carbocycles. The molecule has 2 aromatic carbocycles. The molecule has 1 N–H and O–H groups in total. The molecule has 3 aliphatic heterocycles. The van der Waals surface area contributed by atoms with Crippen LogP contribution in [0.5, 0.6) is 11.5 Å². The zero-order valence-corrected chi connectivity index (χ0v) is 20.7. The van der Waals surface area contributed by atoms with Gasteiger partial charge in [-0.15, -0.1) is 0 Å². The van der Waals surface area contributed by atoms with Crippen molar-refractivity contribution >= 4 is 17.5 Å². The van der Waals surface area contributed by atoms with Crippen molar-refractivity contribution in [1.29, 1.82) is 5.41 Å². The van der Waals surface area contributed by atoms with E-state index in [4.69, 9.17) is 24.6 Å². The first-order valence-corrected chi connectivity index (χ1v) is 12.5. The molecule has 2 saturated heterocycles. The first kappa shape index (κ1) is 22.8. The zero-order valence-electron chi connectivity index (χ0n) is 20.7. The van der Waals surface area contributed by atoms with Gasteiger partial charge in [-0.3, -0.25) is 5.41 Å². The highest BCUT2D eigenvalue weighted by Gasteiger charge is 2.49. The quantitative estimate of drug-likeness (QED) is 0.402. The second-order valence-corrected chi connectivity index (χ2v) is 10.5. The van der Waals surface area contributed by atoms with E-state index in [1.165, 1.54) is 0 Å². The molecule has 0 amide bonds. The van der Waals surface area contributed by atoms with Crippen LogP contribution in [0.2, 0.25) is 0 Å². The molecule has 0 atom stereocenters. The largest absolute Gasteiger partial charge is 0.457 e. The number of hydrogen-bond donors (Lipinski definition) is 1. The van der Waals surface area contributed by atoms with Gasteiger partial charge in [-0.1, -0.05) is 32.0 Å². The molecule has 0 unspecified atom stereocenters. The van der Waals surface area contributed by atoms with Crippen LogP contribution in [0.3, 0.4) is 0 Å². The predicted molar refractivity (Wildman–Crippen MR) is 137 cm³/mol. The Balaban J connectivity index is 1.18. The van der Waals surface area contributed by atoms with Gasteiger partial charge >= 0.3 is 0 Å². The lowest BCUT2D eigenvalue weighted by Gasteiger charge is -2.45. The summed E-state index contributed by atoms with van der Waals surface area (Å²) >= 11 is 0. The summed E-state index contributed by atoms with van der Waals surface area (Å²) in [5, 5.41) is 8.49. The lowest BCUT2D eigenvalue weighted by Crippen LogP contribution is -2.60. The maximum Gasteiger partial charge on any atom is 0.285 e. The van der Waals surface area contributed by atoms with E-state index in [2.05, 4.69) is 35.9 Å². The molecule has 6 rings (SSSR count). The van der Waals surface area contributed by atoms with Crippen molar-refractivity contribution < 1.29 is 14.2 Å². The van der Waals surface area contributed by atoms with E-state index < -0.39 is 0 Å². The molecule has 0 radical (unpaired) electrons. The molecular formula is C28H31N5O3. The number of ether oxygens (including phenoxy) is 3. The Kier molecular flexibility index (Phi) is 5.56. The minimum absolute atomic E-state index is 0.0485. The van der Waals surface area contributed by atoms with Crippen molar-refractivity contribution in [3.05, 3.63) is 72.2 Å². The highest BCUT2D eigenvalue weighted by Crippen LogP contribution is 2.43. The maximum atomic E-state index is 8.49. The van der Waals surface area contributed by atoms with Gasteiger partial charge in [0, 0.05) is 36.0 Å². The number of aromatic nitrogens is 2. The molecular weight excluding hydrogens is 454 g/mol. The number of rotatable bonds is 5. The van der Waals surface area contributed by atoms with E-state index in [0.29, 0.717) is 19.0 Å². The minimum Gasteiger partial charge on any atom is -0.457 e. The van der Waals surface area contributed by atoms with E-state index in [9.17, 15) is 0 Å². The van der Waals surface area contributed by atoms with Crippen molar-refractivity contribution in [2.24, 2.45) is 0 Å². The lowest BCUT2D eigenvalue weighted by molar-refractivity contribution is -0.107. The van der Waals surface area contributed by atoms with Crippen LogP contribution in [0.15, 0.2) is 60.8 Å². The Morgan fingerprint density at radius 3 is 2.53 bits per heavy atom. The third-order valence-electron chi connectivity index (χ3n) is 7.41. The summed E-state index contributed by atoms with van der Waals surface area (Å²) in [4.78, 5) is 13.7. The van der Waals surface area contributed by atoms with Gasteiger partial charge in [0.15, 0.2) is 12.4 Å². The van der Waals surface area contributed by atoms with Crippen molar-refractivity contribution in [2.45, 2.75) is 44.2 Å². The summed E-state index contributed by atoms with van der Waals surface area (Å²) < 4.78 is 17.3. The van der Waals surface area contributed by atoms with Gasteiger partial charge in [-0.05, 0) is 49.2 Å². The molecule has 1 spiro atoms. The highest BCUT2D eigenvalue weighted by molar-refractivity contribution is 5.72. The average molecular weight is 486 g/mol. The van der Waals surface area contributed by atoms with Crippen LogP contribution in [-0.4, -0.2) is 52.7 Å². The monoisotopic (exact) mass is 485 g/mol. The van der Waals surface area contributed by atoms with E-state index in [1.807, 2.05) is 53.6 Å². The van der Waals surface area contributed by atoms with Crippen LogP contribution in [0.4, 0.5) is 11.5 Å². The molecule has 186 valence electrons. The minimum atomic E-state index is -0.0905. The zero-order chi connectivity index (χ0) is 24.8. The van der Waals surface area contributed by atoms with E-state index in [0.717, 1.165) is 54.5 Å². The van der Waals surface area contributed by atoms with Crippen LogP contribution < -0.4 is 9.64 Å². The van der Waals surface area contributed by atoms with Crippen LogP contribution in [0, 0.1) is 5.41 Å². The molecule has 1 aromatic heterocycles. The molecule has 4 heterocycles. The molecule has 36 heavy (non-hydrogen) atoms. The summed E-state index contributed by atoms with van der Waals surface area (Å²) in [6, 6.07) is 18.0. The fourth-order valence-corrected chi connectivity index (χ4v) is 5.35. The first-order valence-electron chi connectivity index (χ1n) is 12.5. The van der Waals surface area contributed by atoms with Gasteiger partial charge in [-0.2, -0.15) is 0 Å². The van der Waals surface area contributed by atoms with Gasteiger partial charge in [-0.25, -0.2) is 9.97 Å². The number of fused-ring (bicyclic) bond motifs is 1. The second-order valence-electron chi connectivity index (χ2n) is 10.5. The van der Waals surface area contributed by atoms with Gasteiger partial charge < -0.3 is 24.0 Å². The fraction of sp³-hybridized carbons (Fsp3) is 0.393. The molecule has 0 saturated carbocycles. The van der Waals surface area contributed by atoms with Gasteiger partial charge in [0.25, 0.3) is 6.02 Å². The van der Waals surface area contributed by atoms with Crippen molar-refractivity contribution in [3.63, 3.8) is 0 Å². The Hall–Kier alpha value is -3.65. The second kappa shape index (κ2) is 8.78. The summed E-state index contributed by atoms with van der Waals surface area (Å²) in [6.45, 7) is 7.56. The maximum absolute atomic E-state index is 8.49. The fourth-order valence-electron chi connectivity index (χ4n) is 5.35. The van der Waals surface area contributed by atoms with Crippen molar-refractivity contribution in [1.82, 2.24) is 14.9 Å². The third kappa shape index (κ3) is 4.05. The van der Waals surface area contributed by atoms with Gasteiger partial charge in [0.2, 0.25) is 0 Å². The van der Waals surface area contributed by atoms with Crippen molar-refractivity contribution in [3.8, 4) is 11.5 Å². The summed E-state index contributed by atoms with van der Waals surface area (Å²) in [6.07, 6.45) is 4.02. The Morgan fingerprint density at radius 1 is 1.06 bits per heavy atom. The predicted octanol–water partition coefficient (Wildman–Crippen LogP) is 5.01. The smallest absolute Gasteiger partial charge is 0.285 e.